The first-order valence-electron chi connectivity index (χ1n) is 6.04. The van der Waals surface area contributed by atoms with Crippen LogP contribution in [0.2, 0.25) is 0 Å². The number of nitrogens with zero attached hydrogens (tertiary/aromatic N) is 2. The predicted molar refractivity (Wildman–Crippen MR) is 66.0 cm³/mol. The Morgan fingerprint density at radius 3 is 2.44 bits per heavy atom. The van der Waals surface area contributed by atoms with Crippen LogP contribution in [0.4, 0.5) is 6.01 Å². The lowest BCUT2D eigenvalue weighted by molar-refractivity contribution is 0.0597. The van der Waals surface area contributed by atoms with Gasteiger partial charge in [0.1, 0.15) is 0 Å². The lowest BCUT2D eigenvalue weighted by atomic mass is 9.73. The van der Waals surface area contributed by atoms with E-state index < -0.39 is 0 Å². The molecule has 0 amide bonds. The molecule has 2 N–H and O–H groups in total. The topological polar surface area (TPSA) is 74.2 Å². The van der Waals surface area contributed by atoms with Crippen LogP contribution in [-0.2, 0) is 10.2 Å². The molecule has 0 radical (unpaired) electrons. The maximum Gasteiger partial charge on any atom is 0.318 e. The van der Waals surface area contributed by atoms with Gasteiger partial charge in [0.15, 0.2) is 5.82 Å². The number of nitrogens with two attached hydrogens (primary N) is 1. The van der Waals surface area contributed by atoms with Gasteiger partial charge < -0.3 is 15.0 Å². The molecule has 5 nitrogen and oxygen atoms in total. The lowest BCUT2D eigenvalue weighted by Gasteiger charge is -2.34. The number of aromatic nitrogens is 2. The van der Waals surface area contributed by atoms with Crippen molar-refractivity contribution < 1.29 is 9.26 Å². The number of nitrogen functional groups attached to an aromatic ring is 1. The molecule has 1 aromatic heterocycles. The molecular weight excluding hydrogens is 230 g/mol. The standard InChI is InChI=1S/C13H15N3O2/c14-12-15-11(16-18-12)13(6-8-17-9-7-13)10-4-2-1-3-5-10/h1-5H,6-9H2,(H2,14,15,16). The van der Waals surface area contributed by atoms with Crippen molar-refractivity contribution in [2.45, 2.75) is 18.3 Å². The summed E-state index contributed by atoms with van der Waals surface area (Å²) in [6, 6.07) is 10.4. The molecule has 1 aromatic carbocycles. The Morgan fingerprint density at radius 1 is 1.11 bits per heavy atom. The van der Waals surface area contributed by atoms with Crippen LogP contribution in [0.3, 0.4) is 0 Å². The largest absolute Gasteiger partial charge is 0.381 e. The molecule has 1 saturated heterocycles. The number of hydrogen-bond acceptors (Lipinski definition) is 5. The van der Waals surface area contributed by atoms with Gasteiger partial charge in [0.25, 0.3) is 0 Å². The van der Waals surface area contributed by atoms with Gasteiger partial charge in [0.05, 0.1) is 5.41 Å². The third-order valence-electron chi connectivity index (χ3n) is 3.54. The summed E-state index contributed by atoms with van der Waals surface area (Å²) in [7, 11) is 0. The van der Waals surface area contributed by atoms with E-state index in [1.165, 1.54) is 5.56 Å². The molecule has 2 heterocycles. The number of benzene rings is 1. The van der Waals surface area contributed by atoms with Crippen molar-refractivity contribution in [3.8, 4) is 0 Å². The van der Waals surface area contributed by atoms with Gasteiger partial charge in [-0.05, 0) is 18.4 Å². The first kappa shape index (κ1) is 11.2. The summed E-state index contributed by atoms with van der Waals surface area (Å²) >= 11 is 0. The Bertz CT molecular complexity index is 518. The summed E-state index contributed by atoms with van der Waals surface area (Å²) in [5.41, 5.74) is 6.50. The molecule has 2 aromatic rings. The summed E-state index contributed by atoms with van der Waals surface area (Å²) < 4.78 is 10.4. The third-order valence-corrected chi connectivity index (χ3v) is 3.54. The fourth-order valence-electron chi connectivity index (χ4n) is 2.55. The smallest absolute Gasteiger partial charge is 0.318 e. The van der Waals surface area contributed by atoms with E-state index in [1.807, 2.05) is 18.2 Å². The maximum atomic E-state index is 5.55. The van der Waals surface area contributed by atoms with E-state index >= 15 is 0 Å². The van der Waals surface area contributed by atoms with E-state index in [1.54, 1.807) is 0 Å². The van der Waals surface area contributed by atoms with Crippen molar-refractivity contribution in [3.05, 3.63) is 41.7 Å². The molecule has 0 unspecified atom stereocenters. The fourth-order valence-corrected chi connectivity index (χ4v) is 2.55. The van der Waals surface area contributed by atoms with E-state index in [4.69, 9.17) is 15.0 Å². The van der Waals surface area contributed by atoms with Crippen molar-refractivity contribution >= 4 is 6.01 Å². The van der Waals surface area contributed by atoms with Crippen molar-refractivity contribution in [1.29, 1.82) is 0 Å². The second-order valence-corrected chi connectivity index (χ2v) is 4.52. The van der Waals surface area contributed by atoms with Crippen molar-refractivity contribution in [2.75, 3.05) is 18.9 Å². The van der Waals surface area contributed by atoms with Crippen LogP contribution >= 0.6 is 0 Å². The minimum atomic E-state index is -0.235. The molecular formula is C13H15N3O2. The molecule has 0 saturated carbocycles. The van der Waals surface area contributed by atoms with E-state index in [-0.39, 0.29) is 11.4 Å². The SMILES string of the molecule is Nc1nc(C2(c3ccccc3)CCOCC2)no1. The van der Waals surface area contributed by atoms with Crippen LogP contribution in [0.25, 0.3) is 0 Å². The summed E-state index contributed by atoms with van der Waals surface area (Å²) in [5.74, 6) is 0.662. The highest BCUT2D eigenvalue weighted by Crippen LogP contribution is 2.39. The van der Waals surface area contributed by atoms with Gasteiger partial charge in [-0.15, -0.1) is 0 Å². The van der Waals surface area contributed by atoms with Gasteiger partial charge in [-0.2, -0.15) is 4.98 Å². The van der Waals surface area contributed by atoms with Gasteiger partial charge in [-0.3, -0.25) is 0 Å². The highest BCUT2D eigenvalue weighted by molar-refractivity contribution is 5.34. The highest BCUT2D eigenvalue weighted by atomic mass is 16.5. The van der Waals surface area contributed by atoms with Crippen molar-refractivity contribution in [1.82, 2.24) is 10.1 Å². The third kappa shape index (κ3) is 1.76. The number of anilines is 1. The molecule has 1 aliphatic heterocycles. The second-order valence-electron chi connectivity index (χ2n) is 4.52. The molecule has 0 spiro atoms. The Balaban J connectivity index is 2.09. The maximum absolute atomic E-state index is 5.55. The average molecular weight is 245 g/mol. The molecule has 3 rings (SSSR count). The van der Waals surface area contributed by atoms with Crippen molar-refractivity contribution in [3.63, 3.8) is 0 Å². The highest BCUT2D eigenvalue weighted by Gasteiger charge is 2.40. The van der Waals surface area contributed by atoms with Crippen molar-refractivity contribution in [2.24, 2.45) is 0 Å². The Hall–Kier alpha value is -1.88. The minimum Gasteiger partial charge on any atom is -0.381 e. The van der Waals surface area contributed by atoms with Crippen LogP contribution in [0.15, 0.2) is 34.9 Å². The summed E-state index contributed by atoms with van der Waals surface area (Å²) in [6.45, 7) is 1.40. The monoisotopic (exact) mass is 245 g/mol. The molecule has 94 valence electrons. The van der Waals surface area contributed by atoms with Gasteiger partial charge in [-0.25, -0.2) is 0 Å². The van der Waals surface area contributed by atoms with E-state index in [2.05, 4.69) is 22.3 Å². The van der Waals surface area contributed by atoms with Crippen LogP contribution in [0.1, 0.15) is 24.2 Å². The van der Waals surface area contributed by atoms with Gasteiger partial charge in [0, 0.05) is 13.2 Å². The van der Waals surface area contributed by atoms with Crippen LogP contribution in [-0.4, -0.2) is 23.4 Å². The van der Waals surface area contributed by atoms with E-state index in [0.29, 0.717) is 19.0 Å². The normalized spacial score (nSPS) is 18.7. The van der Waals surface area contributed by atoms with Gasteiger partial charge in [0.2, 0.25) is 0 Å². The van der Waals surface area contributed by atoms with E-state index in [0.717, 1.165) is 12.8 Å². The van der Waals surface area contributed by atoms with E-state index in [9.17, 15) is 0 Å². The zero-order valence-corrected chi connectivity index (χ0v) is 10.0. The molecule has 0 aliphatic carbocycles. The second kappa shape index (κ2) is 4.42. The molecule has 1 aliphatic rings. The van der Waals surface area contributed by atoms with Gasteiger partial charge >= 0.3 is 6.01 Å². The Labute approximate surface area is 105 Å². The molecule has 1 fully saturated rings. The minimum absolute atomic E-state index is 0.117. The summed E-state index contributed by atoms with van der Waals surface area (Å²) in [6.07, 6.45) is 1.69. The predicted octanol–water partition coefficient (Wildman–Crippen LogP) is 1.75. The summed E-state index contributed by atoms with van der Waals surface area (Å²) in [4.78, 5) is 4.23. The number of ether oxygens (including phenoxy) is 1. The first-order valence-corrected chi connectivity index (χ1v) is 6.04. The number of hydrogen-bond donors (Lipinski definition) is 1. The fraction of sp³-hybridized carbons (Fsp3) is 0.385. The summed E-state index contributed by atoms with van der Waals surface area (Å²) in [5, 5.41) is 4.02. The molecule has 0 bridgehead atoms. The zero-order valence-electron chi connectivity index (χ0n) is 10.0. The first-order chi connectivity index (χ1) is 8.81. The lowest BCUT2D eigenvalue weighted by Crippen LogP contribution is -2.36. The Morgan fingerprint density at radius 2 is 1.83 bits per heavy atom. The molecule has 18 heavy (non-hydrogen) atoms. The van der Waals surface area contributed by atoms with Crippen LogP contribution < -0.4 is 5.73 Å². The quantitative estimate of drug-likeness (QED) is 0.872. The van der Waals surface area contributed by atoms with Crippen LogP contribution in [0, 0.1) is 0 Å². The van der Waals surface area contributed by atoms with Gasteiger partial charge in [-0.1, -0.05) is 35.5 Å². The zero-order chi connectivity index (χ0) is 12.4. The number of rotatable bonds is 2. The molecule has 5 heteroatoms. The average Bonchev–Trinajstić information content (AvgIpc) is 2.88. The van der Waals surface area contributed by atoms with Crippen LogP contribution in [0.5, 0.6) is 0 Å². The molecule has 0 atom stereocenters. The Kier molecular flexibility index (Phi) is 2.76.